The Bertz CT molecular complexity index is 626. The number of amides is 1. The summed E-state index contributed by atoms with van der Waals surface area (Å²) < 4.78 is 23.5. The summed E-state index contributed by atoms with van der Waals surface area (Å²) in [4.78, 5) is 16.7. The van der Waals surface area contributed by atoms with Gasteiger partial charge in [0.15, 0.2) is 0 Å². The average Bonchev–Trinajstić information content (AvgIpc) is 3.34. The van der Waals surface area contributed by atoms with Crippen molar-refractivity contribution in [3.63, 3.8) is 0 Å². The molecule has 6 heteroatoms. The first-order chi connectivity index (χ1) is 10.8. The van der Waals surface area contributed by atoms with Crippen molar-refractivity contribution in [3.8, 4) is 0 Å². The largest absolute Gasteiger partial charge is 0.344 e. The zero-order valence-corrected chi connectivity index (χ0v) is 14.9. The highest BCUT2D eigenvalue weighted by Crippen LogP contribution is 2.25. The van der Waals surface area contributed by atoms with Gasteiger partial charge in [0.1, 0.15) is 9.84 Å². The lowest BCUT2D eigenvalue weighted by molar-refractivity contribution is -0.131. The SMILES string of the molecule is CN(CCN(C)C1CC1)C(=O)[C@H](CS(C)(=O)=O)c1ccccc1. The van der Waals surface area contributed by atoms with Gasteiger partial charge in [-0.15, -0.1) is 0 Å². The van der Waals surface area contributed by atoms with Crippen LogP contribution in [0.3, 0.4) is 0 Å². The Morgan fingerprint density at radius 3 is 2.30 bits per heavy atom. The van der Waals surface area contributed by atoms with E-state index in [1.165, 1.54) is 19.1 Å². The average molecular weight is 338 g/mol. The Morgan fingerprint density at radius 2 is 1.78 bits per heavy atom. The fourth-order valence-electron chi connectivity index (χ4n) is 2.68. The van der Waals surface area contributed by atoms with E-state index < -0.39 is 15.8 Å². The Labute approximate surface area is 139 Å². The Kier molecular flexibility index (Phi) is 5.81. The predicted octanol–water partition coefficient (Wildman–Crippen LogP) is 1.37. The second-order valence-corrected chi connectivity index (χ2v) is 8.71. The molecule has 0 aliphatic heterocycles. The lowest BCUT2D eigenvalue weighted by atomic mass is 10.00. The summed E-state index contributed by atoms with van der Waals surface area (Å²) in [5.74, 6) is -0.924. The van der Waals surface area contributed by atoms with Crippen molar-refractivity contribution in [2.45, 2.75) is 24.8 Å². The summed E-state index contributed by atoms with van der Waals surface area (Å²) in [7, 11) is 0.579. The molecule has 1 atom stereocenters. The van der Waals surface area contributed by atoms with E-state index in [1.54, 1.807) is 11.9 Å². The first-order valence-corrected chi connectivity index (χ1v) is 10.0. The van der Waals surface area contributed by atoms with Crippen LogP contribution in [0, 0.1) is 0 Å². The van der Waals surface area contributed by atoms with Crippen molar-refractivity contribution in [2.75, 3.05) is 39.2 Å². The van der Waals surface area contributed by atoms with Crippen LogP contribution >= 0.6 is 0 Å². The van der Waals surface area contributed by atoms with Gasteiger partial charge in [0.05, 0.1) is 11.7 Å². The van der Waals surface area contributed by atoms with Gasteiger partial charge < -0.3 is 9.80 Å². The van der Waals surface area contributed by atoms with Gasteiger partial charge in [-0.3, -0.25) is 4.79 Å². The van der Waals surface area contributed by atoms with Gasteiger partial charge in [-0.05, 0) is 25.5 Å². The highest BCUT2D eigenvalue weighted by Gasteiger charge is 2.29. The van der Waals surface area contributed by atoms with Crippen molar-refractivity contribution >= 4 is 15.7 Å². The number of benzene rings is 1. The third-order valence-corrected chi connectivity index (χ3v) is 5.24. The fraction of sp³-hybridized carbons (Fsp3) is 0.588. The first kappa shape index (κ1) is 17.9. The zero-order chi connectivity index (χ0) is 17.0. The molecule has 0 heterocycles. The van der Waals surface area contributed by atoms with Gasteiger partial charge in [0.2, 0.25) is 5.91 Å². The van der Waals surface area contributed by atoms with Crippen LogP contribution in [-0.4, -0.2) is 69.4 Å². The number of hydrogen-bond donors (Lipinski definition) is 0. The number of hydrogen-bond acceptors (Lipinski definition) is 4. The third-order valence-electron chi connectivity index (χ3n) is 4.30. The van der Waals surface area contributed by atoms with Crippen molar-refractivity contribution in [2.24, 2.45) is 0 Å². The van der Waals surface area contributed by atoms with Gasteiger partial charge >= 0.3 is 0 Å². The molecule has 1 aliphatic carbocycles. The molecule has 0 spiro atoms. The second kappa shape index (κ2) is 7.45. The molecule has 5 nitrogen and oxygen atoms in total. The van der Waals surface area contributed by atoms with Gasteiger partial charge in [-0.2, -0.15) is 0 Å². The smallest absolute Gasteiger partial charge is 0.230 e. The molecular formula is C17H26N2O3S. The van der Waals surface area contributed by atoms with Gasteiger partial charge in [0, 0.05) is 32.4 Å². The molecule has 1 amide bonds. The minimum Gasteiger partial charge on any atom is -0.344 e. The quantitative estimate of drug-likeness (QED) is 0.718. The van der Waals surface area contributed by atoms with Crippen LogP contribution in [0.2, 0.25) is 0 Å². The minimum atomic E-state index is -3.24. The molecule has 1 aromatic carbocycles. The molecule has 2 rings (SSSR count). The number of sulfone groups is 1. The number of likely N-dealkylation sites (N-methyl/N-ethyl adjacent to an activating group) is 2. The molecule has 23 heavy (non-hydrogen) atoms. The van der Waals surface area contributed by atoms with Crippen molar-refractivity contribution in [1.82, 2.24) is 9.80 Å². The van der Waals surface area contributed by atoms with Crippen LogP contribution in [0.5, 0.6) is 0 Å². The van der Waals surface area contributed by atoms with Crippen LogP contribution in [0.4, 0.5) is 0 Å². The van der Waals surface area contributed by atoms with Gasteiger partial charge in [0.25, 0.3) is 0 Å². The molecule has 1 aromatic rings. The summed E-state index contributed by atoms with van der Waals surface area (Å²) >= 11 is 0. The molecule has 0 bridgehead atoms. The first-order valence-electron chi connectivity index (χ1n) is 7.96. The standard InChI is InChI=1S/C17H26N2O3S/c1-18(15-9-10-15)11-12-19(2)17(20)16(13-23(3,21)22)14-7-5-4-6-8-14/h4-8,15-16H,9-13H2,1-3H3/t16-/m1/s1. The zero-order valence-electron chi connectivity index (χ0n) is 14.1. The number of carbonyl (C=O) groups excluding carboxylic acids is 1. The van der Waals surface area contributed by atoms with Crippen molar-refractivity contribution in [3.05, 3.63) is 35.9 Å². The van der Waals surface area contributed by atoms with E-state index >= 15 is 0 Å². The summed E-state index contributed by atoms with van der Waals surface area (Å²) in [6.07, 6.45) is 3.64. The Hall–Kier alpha value is -1.40. The molecule has 1 aliphatic rings. The lowest BCUT2D eigenvalue weighted by Gasteiger charge is -2.26. The van der Waals surface area contributed by atoms with E-state index in [-0.39, 0.29) is 11.7 Å². The van der Waals surface area contributed by atoms with Crippen LogP contribution in [-0.2, 0) is 14.6 Å². The van der Waals surface area contributed by atoms with E-state index in [2.05, 4.69) is 11.9 Å². The molecule has 0 unspecified atom stereocenters. The van der Waals surface area contributed by atoms with Crippen LogP contribution in [0.15, 0.2) is 30.3 Å². The maximum atomic E-state index is 12.8. The highest BCUT2D eigenvalue weighted by molar-refractivity contribution is 7.90. The molecule has 0 N–H and O–H groups in total. The Balaban J connectivity index is 2.05. The van der Waals surface area contributed by atoms with E-state index in [0.29, 0.717) is 12.6 Å². The summed E-state index contributed by atoms with van der Waals surface area (Å²) in [5, 5.41) is 0. The minimum absolute atomic E-state index is 0.133. The van der Waals surface area contributed by atoms with Crippen molar-refractivity contribution in [1.29, 1.82) is 0 Å². The molecule has 0 aromatic heterocycles. The van der Waals surface area contributed by atoms with Crippen molar-refractivity contribution < 1.29 is 13.2 Å². The predicted molar refractivity (Wildman–Crippen MR) is 92.2 cm³/mol. The number of nitrogens with zero attached hydrogens (tertiary/aromatic N) is 2. The third kappa shape index (κ3) is 5.62. The Morgan fingerprint density at radius 1 is 1.17 bits per heavy atom. The monoisotopic (exact) mass is 338 g/mol. The highest BCUT2D eigenvalue weighted by atomic mass is 32.2. The normalized spacial score (nSPS) is 16.3. The van der Waals surface area contributed by atoms with E-state index in [0.717, 1.165) is 12.1 Å². The molecule has 1 fully saturated rings. The molecule has 128 valence electrons. The van der Waals surface area contributed by atoms with E-state index in [1.807, 2.05) is 30.3 Å². The molecule has 0 saturated heterocycles. The second-order valence-electron chi connectivity index (χ2n) is 6.53. The van der Waals surface area contributed by atoms with Gasteiger partial charge in [-0.25, -0.2) is 8.42 Å². The van der Waals surface area contributed by atoms with E-state index in [4.69, 9.17) is 0 Å². The fourth-order valence-corrected chi connectivity index (χ4v) is 3.62. The van der Waals surface area contributed by atoms with Gasteiger partial charge in [-0.1, -0.05) is 30.3 Å². The maximum absolute atomic E-state index is 12.8. The van der Waals surface area contributed by atoms with E-state index in [9.17, 15) is 13.2 Å². The van der Waals surface area contributed by atoms with Crippen LogP contribution < -0.4 is 0 Å². The molecular weight excluding hydrogens is 312 g/mol. The topological polar surface area (TPSA) is 57.7 Å². The van der Waals surface area contributed by atoms with Crippen LogP contribution in [0.1, 0.15) is 24.3 Å². The van der Waals surface area contributed by atoms with Crippen LogP contribution in [0.25, 0.3) is 0 Å². The summed E-state index contributed by atoms with van der Waals surface area (Å²) in [5.41, 5.74) is 0.755. The number of rotatable bonds is 8. The lowest BCUT2D eigenvalue weighted by Crippen LogP contribution is -2.39. The molecule has 1 saturated carbocycles. The maximum Gasteiger partial charge on any atom is 0.230 e. The number of carbonyl (C=O) groups is 1. The summed E-state index contributed by atoms with van der Waals surface area (Å²) in [6, 6.07) is 9.81. The summed E-state index contributed by atoms with van der Waals surface area (Å²) in [6.45, 7) is 1.42. The molecule has 0 radical (unpaired) electrons.